The molecule has 0 radical (unpaired) electrons. The Kier molecular flexibility index (Phi) is 5.84. The molecule has 0 bridgehead atoms. The minimum Gasteiger partial charge on any atom is -0.482 e. The highest BCUT2D eigenvalue weighted by Crippen LogP contribution is 2.31. The predicted octanol–water partition coefficient (Wildman–Crippen LogP) is 1.02. The number of carbonyl (C=O) groups excluding carboxylic acids is 3. The number of nitrogens with one attached hydrogen (secondary N) is 1. The van der Waals surface area contributed by atoms with E-state index in [0.717, 1.165) is 0 Å². The number of esters is 1. The summed E-state index contributed by atoms with van der Waals surface area (Å²) in [6, 6.07) is 6.78. The third kappa shape index (κ3) is 5.66. The third-order valence-electron chi connectivity index (χ3n) is 3.20. The lowest BCUT2D eigenvalue weighted by atomic mass is 10.2. The molecular formula is C15H15F3N2O5. The number of hydrogen-bond donors (Lipinski definition) is 1. The van der Waals surface area contributed by atoms with Crippen molar-refractivity contribution >= 4 is 23.5 Å². The van der Waals surface area contributed by atoms with E-state index in [-0.39, 0.29) is 25.5 Å². The number of benzene rings is 1. The molecule has 7 nitrogen and oxygen atoms in total. The van der Waals surface area contributed by atoms with Crippen molar-refractivity contribution in [3.63, 3.8) is 0 Å². The van der Waals surface area contributed by atoms with Gasteiger partial charge in [-0.2, -0.15) is 13.2 Å². The van der Waals surface area contributed by atoms with Gasteiger partial charge in [0.25, 0.3) is 11.8 Å². The average Bonchev–Trinajstić information content (AvgIpc) is 2.56. The molecule has 1 N–H and O–H groups in total. The molecular weight excluding hydrogens is 345 g/mol. The number of rotatable bonds is 6. The van der Waals surface area contributed by atoms with Crippen LogP contribution in [0.15, 0.2) is 24.3 Å². The zero-order valence-electron chi connectivity index (χ0n) is 13.0. The van der Waals surface area contributed by atoms with Crippen molar-refractivity contribution < 1.29 is 37.0 Å². The Morgan fingerprint density at radius 3 is 2.72 bits per heavy atom. The van der Waals surface area contributed by atoms with Crippen molar-refractivity contribution in [3.05, 3.63) is 24.3 Å². The van der Waals surface area contributed by atoms with Crippen LogP contribution in [0.5, 0.6) is 5.75 Å². The van der Waals surface area contributed by atoms with Gasteiger partial charge in [-0.1, -0.05) is 12.1 Å². The average molecular weight is 360 g/mol. The molecule has 0 aromatic heterocycles. The van der Waals surface area contributed by atoms with E-state index in [0.29, 0.717) is 11.4 Å². The van der Waals surface area contributed by atoms with E-state index >= 15 is 0 Å². The summed E-state index contributed by atoms with van der Waals surface area (Å²) in [5, 5.41) is 1.58. The molecule has 0 saturated heterocycles. The molecule has 1 aromatic carbocycles. The fourth-order valence-electron chi connectivity index (χ4n) is 2.07. The Hall–Kier alpha value is -2.78. The van der Waals surface area contributed by atoms with Crippen LogP contribution < -0.4 is 15.0 Å². The van der Waals surface area contributed by atoms with Crippen LogP contribution in [0, 0.1) is 0 Å². The molecule has 0 atom stereocenters. The highest BCUT2D eigenvalue weighted by atomic mass is 19.4. The quantitative estimate of drug-likeness (QED) is 0.766. The molecule has 0 unspecified atom stereocenters. The minimum absolute atomic E-state index is 0.00219. The Labute approximate surface area is 140 Å². The summed E-state index contributed by atoms with van der Waals surface area (Å²) in [5.41, 5.74) is 0.509. The second-order valence-electron chi connectivity index (χ2n) is 5.10. The van der Waals surface area contributed by atoms with Gasteiger partial charge in [-0.25, -0.2) is 0 Å². The van der Waals surface area contributed by atoms with Crippen LogP contribution in [-0.2, 0) is 19.1 Å². The second-order valence-corrected chi connectivity index (χ2v) is 5.10. The molecule has 0 aliphatic carbocycles. The van der Waals surface area contributed by atoms with Crippen molar-refractivity contribution in [2.75, 3.05) is 31.2 Å². The number of para-hydroxylation sites is 2. The first-order chi connectivity index (χ1) is 11.8. The van der Waals surface area contributed by atoms with E-state index in [9.17, 15) is 27.6 Å². The zero-order chi connectivity index (χ0) is 18.4. The predicted molar refractivity (Wildman–Crippen MR) is 78.9 cm³/mol. The SMILES string of the molecule is O=C(COC(=O)CCN1C(=O)COc2ccccc21)NCC(F)(F)F. The number of fused-ring (bicyclic) bond motifs is 1. The monoisotopic (exact) mass is 360 g/mol. The van der Waals surface area contributed by atoms with Crippen LogP contribution in [-0.4, -0.2) is 50.3 Å². The van der Waals surface area contributed by atoms with Gasteiger partial charge in [0.15, 0.2) is 13.2 Å². The Morgan fingerprint density at radius 1 is 1.28 bits per heavy atom. The summed E-state index contributed by atoms with van der Waals surface area (Å²) in [6.07, 6.45) is -4.75. The third-order valence-corrected chi connectivity index (χ3v) is 3.20. The molecule has 10 heteroatoms. The lowest BCUT2D eigenvalue weighted by molar-refractivity contribution is -0.151. The largest absolute Gasteiger partial charge is 0.482 e. The van der Waals surface area contributed by atoms with Crippen molar-refractivity contribution in [2.24, 2.45) is 0 Å². The molecule has 0 saturated carbocycles. The van der Waals surface area contributed by atoms with Crippen LogP contribution in [0.1, 0.15) is 6.42 Å². The van der Waals surface area contributed by atoms with E-state index in [2.05, 4.69) is 4.74 Å². The maximum atomic E-state index is 11.9. The fraction of sp³-hybridized carbons (Fsp3) is 0.400. The molecule has 136 valence electrons. The molecule has 1 aliphatic rings. The van der Waals surface area contributed by atoms with Crippen LogP contribution in [0.4, 0.5) is 18.9 Å². The molecule has 0 fully saturated rings. The summed E-state index contributed by atoms with van der Waals surface area (Å²) in [5.74, 6) is -1.70. The number of ether oxygens (including phenoxy) is 2. The van der Waals surface area contributed by atoms with Crippen LogP contribution in [0.3, 0.4) is 0 Å². The van der Waals surface area contributed by atoms with Crippen LogP contribution in [0.25, 0.3) is 0 Å². The van der Waals surface area contributed by atoms with Gasteiger partial charge in [-0.3, -0.25) is 14.4 Å². The first-order valence-corrected chi connectivity index (χ1v) is 7.27. The van der Waals surface area contributed by atoms with Gasteiger partial charge >= 0.3 is 12.1 Å². The number of anilines is 1. The van der Waals surface area contributed by atoms with Crippen molar-refractivity contribution in [2.45, 2.75) is 12.6 Å². The number of nitrogens with zero attached hydrogens (tertiary/aromatic N) is 1. The second kappa shape index (κ2) is 7.86. The van der Waals surface area contributed by atoms with E-state index in [1.165, 1.54) is 4.90 Å². The van der Waals surface area contributed by atoms with Crippen molar-refractivity contribution in [1.82, 2.24) is 5.32 Å². The van der Waals surface area contributed by atoms with E-state index < -0.39 is 31.2 Å². The highest BCUT2D eigenvalue weighted by Gasteiger charge is 2.28. The van der Waals surface area contributed by atoms with E-state index in [1.54, 1.807) is 29.6 Å². The number of carbonyl (C=O) groups is 3. The minimum atomic E-state index is -4.54. The summed E-state index contributed by atoms with van der Waals surface area (Å²) < 4.78 is 45.6. The fourth-order valence-corrected chi connectivity index (χ4v) is 2.07. The van der Waals surface area contributed by atoms with Gasteiger partial charge in [0.05, 0.1) is 12.1 Å². The Bertz CT molecular complexity index is 663. The molecule has 2 rings (SSSR count). The first-order valence-electron chi connectivity index (χ1n) is 7.27. The molecule has 0 spiro atoms. The van der Waals surface area contributed by atoms with Gasteiger partial charge in [-0.15, -0.1) is 0 Å². The van der Waals surface area contributed by atoms with Gasteiger partial charge < -0.3 is 19.7 Å². The lowest BCUT2D eigenvalue weighted by Crippen LogP contribution is -2.40. The van der Waals surface area contributed by atoms with E-state index in [4.69, 9.17) is 4.74 Å². The number of hydrogen-bond acceptors (Lipinski definition) is 5. The highest BCUT2D eigenvalue weighted by molar-refractivity contribution is 5.98. The summed E-state index contributed by atoms with van der Waals surface area (Å²) >= 11 is 0. The van der Waals surface area contributed by atoms with E-state index in [1.807, 2.05) is 0 Å². The number of halogens is 3. The lowest BCUT2D eigenvalue weighted by Gasteiger charge is -2.28. The summed E-state index contributed by atoms with van der Waals surface area (Å²) in [7, 11) is 0. The normalized spacial score (nSPS) is 13.7. The maximum absolute atomic E-state index is 11.9. The molecule has 25 heavy (non-hydrogen) atoms. The number of amides is 2. The van der Waals surface area contributed by atoms with Crippen LogP contribution in [0.2, 0.25) is 0 Å². The Morgan fingerprint density at radius 2 is 2.00 bits per heavy atom. The molecule has 1 aliphatic heterocycles. The first kappa shape index (κ1) is 18.6. The smallest absolute Gasteiger partial charge is 0.405 e. The Balaban J connectivity index is 1.78. The van der Waals surface area contributed by atoms with Crippen LogP contribution >= 0.6 is 0 Å². The maximum Gasteiger partial charge on any atom is 0.405 e. The number of alkyl halides is 3. The van der Waals surface area contributed by atoms with Gasteiger partial charge in [-0.05, 0) is 12.1 Å². The molecule has 2 amide bonds. The molecule has 1 aromatic rings. The zero-order valence-corrected chi connectivity index (χ0v) is 13.0. The topological polar surface area (TPSA) is 84.9 Å². The van der Waals surface area contributed by atoms with Crippen molar-refractivity contribution in [3.8, 4) is 5.75 Å². The summed E-state index contributed by atoms with van der Waals surface area (Å²) in [6.45, 7) is -2.47. The van der Waals surface area contributed by atoms with Crippen molar-refractivity contribution in [1.29, 1.82) is 0 Å². The van der Waals surface area contributed by atoms with Gasteiger partial charge in [0.2, 0.25) is 0 Å². The van der Waals surface area contributed by atoms with Gasteiger partial charge in [0, 0.05) is 6.54 Å². The summed E-state index contributed by atoms with van der Waals surface area (Å²) in [4.78, 5) is 36.0. The van der Waals surface area contributed by atoms with Gasteiger partial charge in [0.1, 0.15) is 12.3 Å². The molecule has 1 heterocycles. The standard InChI is InChI=1S/C15H15F3N2O5/c16-15(17,18)9-19-12(21)7-25-14(23)5-6-20-10-3-1-2-4-11(10)24-8-13(20)22/h1-4H,5-9H2,(H,19,21).